The van der Waals surface area contributed by atoms with Gasteiger partial charge in [-0.3, -0.25) is 9.79 Å². The smallest absolute Gasteiger partial charge is 0.221 e. The zero-order valence-corrected chi connectivity index (χ0v) is 18.4. The van der Waals surface area contributed by atoms with Gasteiger partial charge in [0.05, 0.1) is 12.3 Å². The molecular weight excluding hydrogens is 398 g/mol. The van der Waals surface area contributed by atoms with E-state index in [0.717, 1.165) is 46.9 Å². The number of aliphatic imine (C=N–C) groups is 1. The van der Waals surface area contributed by atoms with Gasteiger partial charge in [-0.05, 0) is 47.5 Å². The molecule has 162 valence electrons. The number of amides is 1. The van der Waals surface area contributed by atoms with Gasteiger partial charge in [-0.1, -0.05) is 48.5 Å². The first-order valence-corrected chi connectivity index (χ1v) is 10.7. The maximum atomic E-state index is 11.1. The summed E-state index contributed by atoms with van der Waals surface area (Å²) in [4.78, 5) is 18.2. The molecule has 3 aromatic rings. The number of allylic oxidation sites excluding steroid dienone is 1. The fourth-order valence-electron chi connectivity index (χ4n) is 3.63. The molecule has 32 heavy (non-hydrogen) atoms. The van der Waals surface area contributed by atoms with Crippen LogP contribution in [0, 0.1) is 0 Å². The largest absolute Gasteiger partial charge is 0.489 e. The first kappa shape index (κ1) is 21.4. The third kappa shape index (κ3) is 5.43. The first-order chi connectivity index (χ1) is 15.6. The molecule has 1 heterocycles. The first-order valence-electron chi connectivity index (χ1n) is 10.7. The number of nitrogens with zero attached hydrogens (tertiary/aromatic N) is 2. The molecule has 5 nitrogen and oxygen atoms in total. The number of carbonyl (C=O) groups excluding carboxylic acids is 1. The van der Waals surface area contributed by atoms with Gasteiger partial charge in [0.25, 0.3) is 0 Å². The van der Waals surface area contributed by atoms with Gasteiger partial charge in [0, 0.05) is 37.5 Å². The summed E-state index contributed by atoms with van der Waals surface area (Å²) in [6, 6.07) is 24.1. The van der Waals surface area contributed by atoms with Crippen LogP contribution in [0.15, 0.2) is 83.9 Å². The minimum Gasteiger partial charge on any atom is -0.489 e. The van der Waals surface area contributed by atoms with Crippen LogP contribution in [0.5, 0.6) is 5.75 Å². The number of benzodiazepines with no additional fused rings is 1. The number of para-hydroxylation sites is 1. The van der Waals surface area contributed by atoms with E-state index in [1.54, 1.807) is 0 Å². The summed E-state index contributed by atoms with van der Waals surface area (Å²) in [5.74, 6) is 0.727. The molecule has 0 saturated carbocycles. The van der Waals surface area contributed by atoms with Gasteiger partial charge in [0.2, 0.25) is 5.91 Å². The maximum absolute atomic E-state index is 11.1. The number of hydrogen-bond acceptors (Lipinski definition) is 4. The number of ether oxygens (including phenoxy) is 1. The van der Waals surface area contributed by atoms with E-state index in [4.69, 9.17) is 9.73 Å². The summed E-state index contributed by atoms with van der Waals surface area (Å²) < 4.78 is 5.98. The van der Waals surface area contributed by atoms with Gasteiger partial charge >= 0.3 is 0 Å². The Morgan fingerprint density at radius 3 is 2.69 bits per heavy atom. The lowest BCUT2D eigenvalue weighted by Crippen LogP contribution is -2.20. The molecule has 0 aliphatic carbocycles. The summed E-state index contributed by atoms with van der Waals surface area (Å²) in [7, 11) is 2.11. The van der Waals surface area contributed by atoms with Crippen LogP contribution in [0.1, 0.15) is 23.6 Å². The van der Waals surface area contributed by atoms with Crippen molar-refractivity contribution in [3.63, 3.8) is 0 Å². The van der Waals surface area contributed by atoms with Gasteiger partial charge in [-0.15, -0.1) is 0 Å². The number of nitrogens with one attached hydrogen (secondary N) is 1. The van der Waals surface area contributed by atoms with E-state index in [1.807, 2.05) is 42.5 Å². The summed E-state index contributed by atoms with van der Waals surface area (Å²) in [5, 5.41) is 2.77. The van der Waals surface area contributed by atoms with Crippen LogP contribution in [0.2, 0.25) is 0 Å². The molecule has 1 amide bonds. The number of likely N-dealkylation sites (N-methyl/N-ethyl adjacent to an activating group) is 1. The zero-order chi connectivity index (χ0) is 22.3. The predicted molar refractivity (Wildman–Crippen MR) is 132 cm³/mol. The molecule has 0 atom stereocenters. The Morgan fingerprint density at radius 1 is 1.06 bits per heavy atom. The van der Waals surface area contributed by atoms with Crippen LogP contribution in [-0.2, 0) is 11.4 Å². The lowest BCUT2D eigenvalue weighted by molar-refractivity contribution is -0.114. The Balaban J connectivity index is 1.43. The highest BCUT2D eigenvalue weighted by atomic mass is 16.5. The standard InChI is InChI=1S/C27H27N3O2/c1-20(31)29-23-13-10-22(11-14-23)19-32-24-7-5-6-21(18-24)12-15-26-25-8-3-4-9-27(25)30(2)17-16-28-26/h3-15,18H,16-17,19H2,1-2H3,(H,29,31)/b15-12+. The van der Waals surface area contributed by atoms with Crippen LogP contribution >= 0.6 is 0 Å². The topological polar surface area (TPSA) is 53.9 Å². The van der Waals surface area contributed by atoms with E-state index >= 15 is 0 Å². The van der Waals surface area contributed by atoms with Crippen molar-refractivity contribution in [3.8, 4) is 5.75 Å². The number of anilines is 2. The zero-order valence-electron chi connectivity index (χ0n) is 18.4. The van der Waals surface area contributed by atoms with E-state index in [-0.39, 0.29) is 5.91 Å². The molecule has 0 aromatic heterocycles. The lowest BCUT2D eigenvalue weighted by atomic mass is 10.1. The predicted octanol–water partition coefficient (Wildman–Crippen LogP) is 5.18. The Morgan fingerprint density at radius 2 is 1.88 bits per heavy atom. The number of fused-ring (bicyclic) bond motifs is 1. The second-order valence-electron chi connectivity index (χ2n) is 7.78. The van der Waals surface area contributed by atoms with E-state index in [9.17, 15) is 4.79 Å². The van der Waals surface area contributed by atoms with Crippen molar-refractivity contribution in [2.24, 2.45) is 4.99 Å². The average Bonchev–Trinajstić information content (AvgIpc) is 2.96. The van der Waals surface area contributed by atoms with Crippen molar-refractivity contribution >= 4 is 29.1 Å². The molecule has 0 unspecified atom stereocenters. The molecule has 3 aromatic carbocycles. The van der Waals surface area contributed by atoms with Gasteiger partial charge in [-0.2, -0.15) is 0 Å². The van der Waals surface area contributed by atoms with Crippen molar-refractivity contribution in [3.05, 3.63) is 95.6 Å². The van der Waals surface area contributed by atoms with Crippen molar-refractivity contribution in [1.82, 2.24) is 0 Å². The van der Waals surface area contributed by atoms with Gasteiger partial charge < -0.3 is 15.0 Å². The van der Waals surface area contributed by atoms with Crippen LogP contribution in [0.3, 0.4) is 0 Å². The molecule has 0 fully saturated rings. The Kier molecular flexibility index (Phi) is 6.66. The number of rotatable bonds is 6. The molecule has 1 aliphatic rings. The lowest BCUT2D eigenvalue weighted by Gasteiger charge is -2.18. The van der Waals surface area contributed by atoms with Crippen molar-refractivity contribution in [1.29, 1.82) is 0 Å². The molecule has 0 spiro atoms. The molecule has 4 rings (SSSR count). The third-order valence-electron chi connectivity index (χ3n) is 5.28. The minimum absolute atomic E-state index is 0.0795. The third-order valence-corrected chi connectivity index (χ3v) is 5.28. The van der Waals surface area contributed by atoms with Crippen LogP contribution in [-0.4, -0.2) is 31.8 Å². The second-order valence-corrected chi connectivity index (χ2v) is 7.78. The highest BCUT2D eigenvalue weighted by Crippen LogP contribution is 2.23. The average molecular weight is 426 g/mol. The highest BCUT2D eigenvalue weighted by molar-refractivity contribution is 6.14. The summed E-state index contributed by atoms with van der Waals surface area (Å²) in [6.45, 7) is 3.64. The van der Waals surface area contributed by atoms with Crippen LogP contribution in [0.4, 0.5) is 11.4 Å². The molecular formula is C27H27N3O2. The Labute approximate surface area is 189 Å². The van der Waals surface area contributed by atoms with Crippen LogP contribution in [0.25, 0.3) is 6.08 Å². The fourth-order valence-corrected chi connectivity index (χ4v) is 3.63. The minimum atomic E-state index is -0.0795. The van der Waals surface area contributed by atoms with E-state index in [2.05, 4.69) is 59.7 Å². The molecule has 1 N–H and O–H groups in total. The summed E-state index contributed by atoms with van der Waals surface area (Å²) >= 11 is 0. The Hall–Kier alpha value is -3.86. The van der Waals surface area contributed by atoms with Crippen molar-refractivity contribution in [2.75, 3.05) is 30.4 Å². The molecule has 0 radical (unpaired) electrons. The van der Waals surface area contributed by atoms with Gasteiger partial charge in [-0.25, -0.2) is 0 Å². The number of hydrogen-bond donors (Lipinski definition) is 1. The Bertz CT molecular complexity index is 1150. The molecule has 5 heteroatoms. The second kappa shape index (κ2) is 9.96. The van der Waals surface area contributed by atoms with Crippen LogP contribution < -0.4 is 15.0 Å². The SMILES string of the molecule is CC(=O)Nc1ccc(COc2cccc(/C=C/C3=NCCN(C)c4ccccc43)c2)cc1. The van der Waals surface area contributed by atoms with Crippen molar-refractivity contribution in [2.45, 2.75) is 13.5 Å². The highest BCUT2D eigenvalue weighted by Gasteiger charge is 2.13. The number of benzene rings is 3. The van der Waals surface area contributed by atoms with Gasteiger partial charge in [0.1, 0.15) is 12.4 Å². The van der Waals surface area contributed by atoms with E-state index in [1.165, 1.54) is 12.6 Å². The van der Waals surface area contributed by atoms with Crippen molar-refractivity contribution < 1.29 is 9.53 Å². The molecule has 1 aliphatic heterocycles. The maximum Gasteiger partial charge on any atom is 0.221 e. The quantitative estimate of drug-likeness (QED) is 0.592. The van der Waals surface area contributed by atoms with Gasteiger partial charge in [0.15, 0.2) is 0 Å². The summed E-state index contributed by atoms with van der Waals surface area (Å²) in [5.41, 5.74) is 6.22. The normalized spacial score (nSPS) is 13.3. The van der Waals surface area contributed by atoms with E-state index in [0.29, 0.717) is 6.61 Å². The monoisotopic (exact) mass is 425 g/mol. The molecule has 0 bridgehead atoms. The molecule has 0 saturated heterocycles. The summed E-state index contributed by atoms with van der Waals surface area (Å²) in [6.07, 6.45) is 4.16. The number of carbonyl (C=O) groups is 1. The van der Waals surface area contributed by atoms with E-state index < -0.39 is 0 Å². The fraction of sp³-hybridized carbons (Fsp3) is 0.185.